The number of hydrogen-bond acceptors (Lipinski definition) is 5. The van der Waals surface area contributed by atoms with E-state index in [9.17, 15) is 9.59 Å². The highest BCUT2D eigenvalue weighted by molar-refractivity contribution is 5.94. The van der Waals surface area contributed by atoms with Crippen molar-refractivity contribution in [1.82, 2.24) is 29.7 Å². The van der Waals surface area contributed by atoms with Crippen LogP contribution in [0.4, 0.5) is 5.69 Å². The van der Waals surface area contributed by atoms with Gasteiger partial charge in [-0.3, -0.25) is 4.79 Å². The van der Waals surface area contributed by atoms with Crippen LogP contribution in [-0.4, -0.2) is 35.6 Å². The summed E-state index contributed by atoms with van der Waals surface area (Å²) in [5.41, 5.74) is 5.79. The van der Waals surface area contributed by atoms with Crippen molar-refractivity contribution in [2.24, 2.45) is 0 Å². The Balaban J connectivity index is 1.57. The summed E-state index contributed by atoms with van der Waals surface area (Å²) in [4.78, 5) is 38.3. The van der Waals surface area contributed by atoms with Gasteiger partial charge in [0, 0.05) is 28.3 Å². The maximum Gasteiger partial charge on any atom is 0.323 e. The summed E-state index contributed by atoms with van der Waals surface area (Å²) < 4.78 is 1.68. The number of amides is 1. The number of nitrogens with zero attached hydrogens (tertiary/aromatic N) is 4. The molecule has 9 heteroatoms. The molecule has 0 saturated carbocycles. The molecule has 0 aliphatic rings. The lowest BCUT2D eigenvalue weighted by Crippen LogP contribution is -2.15. The molecule has 0 aliphatic heterocycles. The fourth-order valence-electron chi connectivity index (χ4n) is 3.40. The minimum atomic E-state index is -0.282. The zero-order valence-electron chi connectivity index (χ0n) is 16.6. The lowest BCUT2D eigenvalue weighted by atomic mass is 10.1. The molecule has 0 aliphatic carbocycles. The van der Waals surface area contributed by atoms with Gasteiger partial charge in [0.1, 0.15) is 0 Å². The van der Waals surface area contributed by atoms with Gasteiger partial charge in [-0.2, -0.15) is 5.10 Å². The largest absolute Gasteiger partial charge is 0.326 e. The van der Waals surface area contributed by atoms with Crippen LogP contribution < -0.4 is 11.0 Å². The van der Waals surface area contributed by atoms with Crippen molar-refractivity contribution in [2.75, 3.05) is 5.32 Å². The summed E-state index contributed by atoms with van der Waals surface area (Å²) in [5.74, 6) is 0.325. The summed E-state index contributed by atoms with van der Waals surface area (Å²) in [6.07, 6.45) is 0.171. The highest BCUT2D eigenvalue weighted by Gasteiger charge is 2.18. The van der Waals surface area contributed by atoms with Crippen molar-refractivity contribution in [2.45, 2.75) is 34.1 Å². The number of benzene rings is 1. The molecular formula is C20H21N7O2. The fourth-order valence-corrected chi connectivity index (χ4v) is 3.40. The fraction of sp³-hybridized carbons (Fsp3) is 0.250. The topological polar surface area (TPSA) is 121 Å². The highest BCUT2D eigenvalue weighted by atomic mass is 16.1. The van der Waals surface area contributed by atoms with Crippen molar-refractivity contribution in [3.63, 3.8) is 0 Å². The number of rotatable bonds is 4. The Labute approximate surface area is 166 Å². The third kappa shape index (κ3) is 3.66. The SMILES string of the molecule is Cc1cc(C)nc(-n2nc(C)c(CC(=O)Nc3ccc4[nH]c(=O)[nH]c4c3)c2C)n1. The molecule has 0 saturated heterocycles. The predicted octanol–water partition coefficient (Wildman–Crippen LogP) is 2.25. The van der Waals surface area contributed by atoms with Crippen LogP contribution >= 0.6 is 0 Å². The third-order valence-electron chi connectivity index (χ3n) is 4.74. The van der Waals surface area contributed by atoms with Crippen molar-refractivity contribution < 1.29 is 4.79 Å². The van der Waals surface area contributed by atoms with E-state index in [1.807, 2.05) is 33.8 Å². The molecule has 4 aromatic rings. The van der Waals surface area contributed by atoms with Gasteiger partial charge < -0.3 is 15.3 Å². The van der Waals surface area contributed by atoms with E-state index in [0.29, 0.717) is 22.7 Å². The molecule has 148 valence electrons. The maximum atomic E-state index is 12.6. The molecule has 0 radical (unpaired) electrons. The molecule has 3 heterocycles. The summed E-state index contributed by atoms with van der Waals surface area (Å²) in [6, 6.07) is 7.11. The van der Waals surface area contributed by atoms with Crippen LogP contribution in [0.2, 0.25) is 0 Å². The number of imidazole rings is 1. The predicted molar refractivity (Wildman–Crippen MR) is 109 cm³/mol. The molecule has 0 atom stereocenters. The van der Waals surface area contributed by atoms with E-state index >= 15 is 0 Å². The van der Waals surface area contributed by atoms with E-state index in [-0.39, 0.29) is 18.0 Å². The Kier molecular flexibility index (Phi) is 4.50. The zero-order chi connectivity index (χ0) is 20.7. The summed E-state index contributed by atoms with van der Waals surface area (Å²) in [7, 11) is 0. The van der Waals surface area contributed by atoms with Gasteiger partial charge in [0.15, 0.2) is 0 Å². The number of anilines is 1. The van der Waals surface area contributed by atoms with E-state index in [4.69, 9.17) is 0 Å². The molecule has 0 spiro atoms. The van der Waals surface area contributed by atoms with Crippen LogP contribution in [0.15, 0.2) is 29.1 Å². The Hall–Kier alpha value is -3.75. The Morgan fingerprint density at radius 1 is 1.03 bits per heavy atom. The first kappa shape index (κ1) is 18.6. The van der Waals surface area contributed by atoms with Crippen LogP contribution in [0, 0.1) is 27.7 Å². The number of nitrogens with one attached hydrogen (secondary N) is 3. The van der Waals surface area contributed by atoms with Gasteiger partial charge >= 0.3 is 5.69 Å². The maximum absolute atomic E-state index is 12.6. The number of aromatic amines is 2. The minimum Gasteiger partial charge on any atom is -0.326 e. The Morgan fingerprint density at radius 2 is 1.72 bits per heavy atom. The second-order valence-electron chi connectivity index (χ2n) is 7.08. The number of fused-ring (bicyclic) bond motifs is 1. The van der Waals surface area contributed by atoms with Gasteiger partial charge in [-0.25, -0.2) is 19.4 Å². The average molecular weight is 391 g/mol. The number of carbonyl (C=O) groups excluding carboxylic acids is 1. The molecule has 4 rings (SSSR count). The van der Waals surface area contributed by atoms with E-state index < -0.39 is 0 Å². The van der Waals surface area contributed by atoms with E-state index in [1.54, 1.807) is 22.9 Å². The zero-order valence-corrected chi connectivity index (χ0v) is 16.6. The molecule has 1 aromatic carbocycles. The standard InChI is InChI=1S/C20H21N7O2/c1-10-7-11(2)22-19(21-10)27-13(4)15(12(3)26-27)9-18(28)23-14-5-6-16-17(8-14)25-20(29)24-16/h5-8H,9H2,1-4H3,(H,23,28)(H2,24,25,29). The number of aryl methyl sites for hydroxylation is 3. The molecule has 0 unspecified atom stereocenters. The Bertz CT molecular complexity index is 1280. The summed E-state index contributed by atoms with van der Waals surface area (Å²) in [5, 5.41) is 7.40. The molecule has 1 amide bonds. The van der Waals surface area contributed by atoms with Gasteiger partial charge in [0.05, 0.1) is 23.1 Å². The molecule has 0 bridgehead atoms. The lowest BCUT2D eigenvalue weighted by Gasteiger charge is -2.07. The highest BCUT2D eigenvalue weighted by Crippen LogP contribution is 2.19. The van der Waals surface area contributed by atoms with Crippen LogP contribution in [0.25, 0.3) is 17.0 Å². The molecule has 0 fully saturated rings. The lowest BCUT2D eigenvalue weighted by molar-refractivity contribution is -0.115. The van der Waals surface area contributed by atoms with E-state index in [1.165, 1.54) is 0 Å². The van der Waals surface area contributed by atoms with Crippen molar-refractivity contribution >= 4 is 22.6 Å². The normalized spacial score (nSPS) is 11.2. The molecular weight excluding hydrogens is 370 g/mol. The third-order valence-corrected chi connectivity index (χ3v) is 4.74. The van der Waals surface area contributed by atoms with Gasteiger partial charge in [-0.15, -0.1) is 0 Å². The number of H-pyrrole nitrogens is 2. The number of carbonyl (C=O) groups is 1. The van der Waals surface area contributed by atoms with Gasteiger partial charge in [0.2, 0.25) is 5.91 Å². The monoisotopic (exact) mass is 391 g/mol. The second kappa shape index (κ2) is 7.01. The number of hydrogen-bond donors (Lipinski definition) is 3. The van der Waals surface area contributed by atoms with Crippen molar-refractivity contribution in [1.29, 1.82) is 0 Å². The summed E-state index contributed by atoms with van der Waals surface area (Å²) >= 11 is 0. The smallest absolute Gasteiger partial charge is 0.323 e. The molecule has 9 nitrogen and oxygen atoms in total. The molecule has 3 aromatic heterocycles. The minimum absolute atomic E-state index is 0.171. The number of aromatic nitrogens is 6. The summed E-state index contributed by atoms with van der Waals surface area (Å²) in [6.45, 7) is 7.59. The van der Waals surface area contributed by atoms with Crippen molar-refractivity contribution in [3.8, 4) is 5.95 Å². The van der Waals surface area contributed by atoms with E-state index in [2.05, 4.69) is 30.4 Å². The van der Waals surface area contributed by atoms with Gasteiger partial charge in [-0.05, 0) is 52.0 Å². The first-order chi connectivity index (χ1) is 13.8. The quantitative estimate of drug-likeness (QED) is 0.493. The Morgan fingerprint density at radius 3 is 2.45 bits per heavy atom. The average Bonchev–Trinajstić information content (AvgIpc) is 3.14. The van der Waals surface area contributed by atoms with Crippen LogP contribution in [0.1, 0.15) is 28.3 Å². The van der Waals surface area contributed by atoms with Gasteiger partial charge in [-0.1, -0.05) is 0 Å². The molecule has 3 N–H and O–H groups in total. The van der Waals surface area contributed by atoms with E-state index in [0.717, 1.165) is 28.3 Å². The molecule has 29 heavy (non-hydrogen) atoms. The van der Waals surface area contributed by atoms with Crippen LogP contribution in [0.3, 0.4) is 0 Å². The van der Waals surface area contributed by atoms with Gasteiger partial charge in [0.25, 0.3) is 5.95 Å². The first-order valence-corrected chi connectivity index (χ1v) is 9.20. The van der Waals surface area contributed by atoms with Crippen molar-refractivity contribution in [3.05, 3.63) is 63.1 Å². The van der Waals surface area contributed by atoms with Crippen LogP contribution in [0.5, 0.6) is 0 Å². The first-order valence-electron chi connectivity index (χ1n) is 9.20. The second-order valence-corrected chi connectivity index (χ2v) is 7.08. The van der Waals surface area contributed by atoms with Crippen LogP contribution in [-0.2, 0) is 11.2 Å².